The molecular weight excluding hydrogens is 689 g/mol. The van der Waals surface area contributed by atoms with E-state index in [0.29, 0.717) is 31.7 Å². The molecule has 0 saturated carbocycles. The van der Waals surface area contributed by atoms with Crippen molar-refractivity contribution in [2.45, 2.75) is 107 Å². The van der Waals surface area contributed by atoms with Gasteiger partial charge in [0.25, 0.3) is 0 Å². The minimum absolute atomic E-state index is 0.293. The first-order valence-electron chi connectivity index (χ1n) is 15.2. The van der Waals surface area contributed by atoms with E-state index in [1.54, 1.807) is 22.7 Å². The summed E-state index contributed by atoms with van der Waals surface area (Å²) in [7, 11) is -7.06. The van der Waals surface area contributed by atoms with Crippen molar-refractivity contribution in [3.8, 4) is 9.75 Å². The van der Waals surface area contributed by atoms with Gasteiger partial charge in [0.15, 0.2) is 0 Å². The summed E-state index contributed by atoms with van der Waals surface area (Å²) in [5.41, 5.74) is 0. The number of aryl methyl sites for hydroxylation is 1. The molecule has 0 amide bonds. The van der Waals surface area contributed by atoms with E-state index < -0.39 is 33.6 Å². The van der Waals surface area contributed by atoms with Crippen LogP contribution in [0.5, 0.6) is 0 Å². The number of unbranched alkanes of at least 4 members (excludes halogenated alkanes) is 3. The fraction of sp³-hybridized carbons (Fsp3) is 0.724. The van der Waals surface area contributed by atoms with Gasteiger partial charge in [-0.25, -0.2) is 0 Å². The molecule has 0 aliphatic carbocycles. The van der Waals surface area contributed by atoms with Gasteiger partial charge in [-0.3, -0.25) is 0 Å². The van der Waals surface area contributed by atoms with Gasteiger partial charge in [-0.1, -0.05) is 0 Å². The van der Waals surface area contributed by atoms with Crippen LogP contribution in [0.2, 0.25) is 13.3 Å². The number of hydrogen-bond donors (Lipinski definition) is 0. The molecular formula is C29H52O6P2S2Sn. The van der Waals surface area contributed by atoms with Crippen LogP contribution < -0.4 is 13.5 Å². The van der Waals surface area contributed by atoms with Crippen LogP contribution in [0.3, 0.4) is 0 Å². The molecule has 6 nitrogen and oxygen atoms in total. The summed E-state index contributed by atoms with van der Waals surface area (Å²) in [6.07, 6.45) is 7.03. The van der Waals surface area contributed by atoms with Gasteiger partial charge in [0, 0.05) is 0 Å². The van der Waals surface area contributed by atoms with E-state index in [2.05, 4.69) is 26.8 Å². The molecule has 0 unspecified atom stereocenters. The molecule has 0 N–H and O–H groups in total. The molecule has 0 atom stereocenters. The normalized spacial score (nSPS) is 12.9. The van der Waals surface area contributed by atoms with Crippen LogP contribution in [0.15, 0.2) is 12.1 Å². The Bertz CT molecular complexity index is 1090. The van der Waals surface area contributed by atoms with E-state index >= 15 is 0 Å². The molecule has 0 aliphatic rings. The molecule has 2 rings (SSSR count). The molecule has 0 fully saturated rings. The van der Waals surface area contributed by atoms with Gasteiger partial charge in [-0.15, -0.1) is 0 Å². The van der Waals surface area contributed by atoms with E-state index in [9.17, 15) is 9.13 Å². The summed E-state index contributed by atoms with van der Waals surface area (Å²) in [6, 6.07) is 4.00. The zero-order valence-electron chi connectivity index (χ0n) is 26.0. The molecule has 2 aromatic rings. The Balaban J connectivity index is 2.95. The third-order valence-corrected chi connectivity index (χ3v) is 32.9. The Hall–Kier alpha value is 0.499. The van der Waals surface area contributed by atoms with Crippen molar-refractivity contribution < 1.29 is 27.2 Å². The van der Waals surface area contributed by atoms with Crippen LogP contribution in [0.25, 0.3) is 9.75 Å². The van der Waals surface area contributed by atoms with Crippen molar-refractivity contribution in [2.24, 2.45) is 0 Å². The molecule has 0 aliphatic heterocycles. The van der Waals surface area contributed by atoms with Gasteiger partial charge in [0.05, 0.1) is 0 Å². The number of thiophene rings is 2. The molecule has 230 valence electrons. The first-order chi connectivity index (χ1) is 19.1. The molecule has 0 saturated heterocycles. The van der Waals surface area contributed by atoms with Crippen LogP contribution in [0.1, 0.15) is 91.9 Å². The Morgan fingerprint density at radius 3 is 1.48 bits per heavy atom. The van der Waals surface area contributed by atoms with E-state index in [1.165, 1.54) is 35.5 Å². The number of hydrogen-bond acceptors (Lipinski definition) is 8. The Kier molecular flexibility index (Phi) is 16.2. The number of rotatable bonds is 21. The average molecular weight is 742 g/mol. The summed E-state index contributed by atoms with van der Waals surface area (Å²) in [5, 5.41) is 1.38. The van der Waals surface area contributed by atoms with E-state index in [-0.39, 0.29) is 0 Å². The summed E-state index contributed by atoms with van der Waals surface area (Å²) in [4.78, 5) is 2.90. The fourth-order valence-corrected chi connectivity index (χ4v) is 34.1. The Labute approximate surface area is 255 Å². The van der Waals surface area contributed by atoms with Gasteiger partial charge >= 0.3 is 257 Å². The molecule has 11 heteroatoms. The van der Waals surface area contributed by atoms with E-state index in [1.807, 2.05) is 40.7 Å². The maximum absolute atomic E-state index is 14.5. The van der Waals surface area contributed by atoms with Crippen molar-refractivity contribution in [3.05, 3.63) is 17.0 Å². The summed E-state index contributed by atoms with van der Waals surface area (Å²) >= 11 is 0.278. The second-order valence-electron chi connectivity index (χ2n) is 10.2. The van der Waals surface area contributed by atoms with Crippen LogP contribution in [0.4, 0.5) is 0 Å². The monoisotopic (exact) mass is 742 g/mol. The first kappa shape index (κ1) is 36.7. The van der Waals surface area contributed by atoms with Crippen LogP contribution in [-0.2, 0) is 27.2 Å². The van der Waals surface area contributed by atoms with Crippen molar-refractivity contribution in [2.75, 3.05) is 26.4 Å². The standard InChI is InChI=1S/C17H25O6P2S2.3C4H9.Sn/c1-6-20-24(18,21-7-2)14-11-16(26-12-14)17-15(10-13(5)27-17)25(19,22-8-3)23-9-4;3*1-3-4-2;/h10-11H,6-9H2,1-5H3;3*1,3-4H2,2H3;. The predicted molar refractivity (Wildman–Crippen MR) is 178 cm³/mol. The zero-order chi connectivity index (χ0) is 29.8. The Morgan fingerprint density at radius 2 is 1.07 bits per heavy atom. The molecule has 40 heavy (non-hydrogen) atoms. The van der Waals surface area contributed by atoms with Crippen LogP contribution >= 0.6 is 37.9 Å². The van der Waals surface area contributed by atoms with Crippen molar-refractivity contribution >= 4 is 69.7 Å². The molecule has 0 radical (unpaired) electrons. The first-order valence-corrected chi connectivity index (χ1v) is 27.4. The SMILES string of the molecule is CCC[CH2][Sn]([CH2]CCC)([CH2]CCC)[c]1sc(-c2sc(C)cc2P(=O)(OCC)OCC)cc1P(=O)(OCC)OCC. The molecule has 0 bridgehead atoms. The van der Waals surface area contributed by atoms with Crippen LogP contribution in [-0.4, -0.2) is 44.8 Å². The van der Waals surface area contributed by atoms with Gasteiger partial charge in [-0.05, 0) is 0 Å². The zero-order valence-corrected chi connectivity index (χ0v) is 32.3. The van der Waals surface area contributed by atoms with Gasteiger partial charge < -0.3 is 0 Å². The van der Waals surface area contributed by atoms with Crippen molar-refractivity contribution in [3.63, 3.8) is 0 Å². The quantitative estimate of drug-likeness (QED) is 0.0938. The minimum atomic E-state index is -3.54. The molecule has 0 aromatic carbocycles. The summed E-state index contributed by atoms with van der Waals surface area (Å²) in [5.74, 6) is 0. The Morgan fingerprint density at radius 1 is 0.650 bits per heavy atom. The van der Waals surface area contributed by atoms with E-state index in [0.717, 1.165) is 39.2 Å². The summed E-state index contributed by atoms with van der Waals surface area (Å²) in [6.45, 7) is 17.5. The molecule has 2 heterocycles. The van der Waals surface area contributed by atoms with Gasteiger partial charge in [0.1, 0.15) is 0 Å². The second-order valence-corrected chi connectivity index (χ2v) is 30.5. The predicted octanol–water partition coefficient (Wildman–Crippen LogP) is 9.62. The van der Waals surface area contributed by atoms with Crippen molar-refractivity contribution in [1.82, 2.24) is 0 Å². The average Bonchev–Trinajstić information content (AvgIpc) is 3.54. The maximum atomic E-state index is 14.5. The second kappa shape index (κ2) is 17.7. The summed E-state index contributed by atoms with van der Waals surface area (Å²) < 4.78 is 57.2. The van der Waals surface area contributed by atoms with Crippen LogP contribution in [0, 0.1) is 6.92 Å². The van der Waals surface area contributed by atoms with Gasteiger partial charge in [0.2, 0.25) is 0 Å². The van der Waals surface area contributed by atoms with Crippen molar-refractivity contribution in [1.29, 1.82) is 0 Å². The molecule has 2 aromatic heterocycles. The topological polar surface area (TPSA) is 71.1 Å². The third-order valence-electron chi connectivity index (χ3n) is 7.07. The van der Waals surface area contributed by atoms with E-state index in [4.69, 9.17) is 18.1 Å². The fourth-order valence-electron chi connectivity index (χ4n) is 5.25. The molecule has 0 spiro atoms. The third kappa shape index (κ3) is 9.01. The van der Waals surface area contributed by atoms with Gasteiger partial charge in [-0.2, -0.15) is 0 Å².